The molecule has 1 aliphatic heterocycles. The molecule has 1 unspecified atom stereocenters. The van der Waals surface area contributed by atoms with E-state index in [1.54, 1.807) is 0 Å². The summed E-state index contributed by atoms with van der Waals surface area (Å²) < 4.78 is 0. The second-order valence-corrected chi connectivity index (χ2v) is 3.54. The van der Waals surface area contributed by atoms with Gasteiger partial charge in [0.05, 0.1) is 0 Å². The molecule has 1 heterocycles. The van der Waals surface area contributed by atoms with E-state index in [2.05, 4.69) is 6.08 Å². The molecule has 1 atom stereocenters. The van der Waals surface area contributed by atoms with Crippen LogP contribution in [0.2, 0.25) is 0 Å². The van der Waals surface area contributed by atoms with Crippen LogP contribution in [-0.4, -0.2) is 29.2 Å². The molecule has 0 aromatic carbocycles. The molecule has 0 aliphatic carbocycles. The summed E-state index contributed by atoms with van der Waals surface area (Å²) >= 11 is 0. The average Bonchev–Trinajstić information content (AvgIpc) is 2.15. The predicted molar refractivity (Wildman–Crippen MR) is 51.8 cm³/mol. The predicted octanol–water partition coefficient (Wildman–Crippen LogP) is 2.34. The van der Waals surface area contributed by atoms with E-state index in [-0.39, 0.29) is 0 Å². The lowest BCUT2D eigenvalue weighted by Gasteiger charge is -2.30. The summed E-state index contributed by atoms with van der Waals surface area (Å²) in [5.41, 5.74) is 0. The Balaban J connectivity index is 2.37. The van der Waals surface area contributed by atoms with Crippen molar-refractivity contribution in [3.05, 3.63) is 12.2 Å². The van der Waals surface area contributed by atoms with E-state index >= 15 is 0 Å². The fourth-order valence-corrected chi connectivity index (χ4v) is 1.76. The van der Waals surface area contributed by atoms with E-state index in [9.17, 15) is 4.79 Å². The molecule has 1 rings (SSSR count). The molecule has 0 radical (unpaired) electrons. The highest BCUT2D eigenvalue weighted by Crippen LogP contribution is 2.19. The van der Waals surface area contributed by atoms with Crippen molar-refractivity contribution >= 4 is 6.09 Å². The van der Waals surface area contributed by atoms with E-state index < -0.39 is 6.09 Å². The van der Waals surface area contributed by atoms with Gasteiger partial charge in [-0.2, -0.15) is 0 Å². The number of carboxylic acid groups (broad SMARTS) is 1. The van der Waals surface area contributed by atoms with Crippen molar-refractivity contribution in [1.82, 2.24) is 4.90 Å². The average molecular weight is 183 g/mol. The Bertz CT molecular complexity index is 201. The van der Waals surface area contributed by atoms with Crippen LogP contribution in [0, 0.1) is 5.92 Å². The van der Waals surface area contributed by atoms with Gasteiger partial charge in [-0.25, -0.2) is 4.79 Å². The second-order valence-electron chi connectivity index (χ2n) is 3.54. The zero-order valence-electron chi connectivity index (χ0n) is 8.07. The van der Waals surface area contributed by atoms with Crippen LogP contribution in [0.25, 0.3) is 0 Å². The molecule has 0 spiro atoms. The van der Waals surface area contributed by atoms with E-state index in [0.29, 0.717) is 19.0 Å². The lowest BCUT2D eigenvalue weighted by Crippen LogP contribution is -2.38. The lowest BCUT2D eigenvalue weighted by atomic mass is 9.95. The maximum Gasteiger partial charge on any atom is 0.407 e. The molecule has 1 N–H and O–H groups in total. The Morgan fingerprint density at radius 3 is 3.08 bits per heavy atom. The van der Waals surface area contributed by atoms with Gasteiger partial charge in [-0.15, -0.1) is 0 Å². The first-order valence-electron chi connectivity index (χ1n) is 4.83. The Hall–Kier alpha value is -0.990. The Morgan fingerprint density at radius 2 is 2.46 bits per heavy atom. The van der Waals surface area contributed by atoms with Gasteiger partial charge in [-0.05, 0) is 32.1 Å². The summed E-state index contributed by atoms with van der Waals surface area (Å²) in [6.45, 7) is 3.42. The molecule has 13 heavy (non-hydrogen) atoms. The van der Waals surface area contributed by atoms with Crippen LogP contribution in [0.3, 0.4) is 0 Å². The van der Waals surface area contributed by atoms with E-state index in [1.165, 1.54) is 4.90 Å². The van der Waals surface area contributed by atoms with Crippen molar-refractivity contribution in [2.75, 3.05) is 13.1 Å². The summed E-state index contributed by atoms with van der Waals surface area (Å²) in [5, 5.41) is 8.79. The topological polar surface area (TPSA) is 40.5 Å². The number of likely N-dealkylation sites (tertiary alicyclic amines) is 1. The van der Waals surface area contributed by atoms with Gasteiger partial charge in [0.15, 0.2) is 0 Å². The van der Waals surface area contributed by atoms with Gasteiger partial charge in [0, 0.05) is 13.1 Å². The van der Waals surface area contributed by atoms with Crippen LogP contribution in [0.15, 0.2) is 12.2 Å². The van der Waals surface area contributed by atoms with Crippen LogP contribution in [0.4, 0.5) is 4.79 Å². The van der Waals surface area contributed by atoms with Gasteiger partial charge in [0.2, 0.25) is 0 Å². The molecule has 1 fully saturated rings. The van der Waals surface area contributed by atoms with Gasteiger partial charge in [0.25, 0.3) is 0 Å². The third-order valence-electron chi connectivity index (χ3n) is 2.49. The first-order valence-corrected chi connectivity index (χ1v) is 4.83. The van der Waals surface area contributed by atoms with Gasteiger partial charge in [-0.3, -0.25) is 0 Å². The normalized spacial score (nSPS) is 23.8. The van der Waals surface area contributed by atoms with Gasteiger partial charge >= 0.3 is 6.09 Å². The van der Waals surface area contributed by atoms with Crippen LogP contribution in [0.5, 0.6) is 0 Å². The first kappa shape index (κ1) is 10.1. The minimum absolute atomic E-state index is 0.529. The third kappa shape index (κ3) is 3.09. The molecule has 1 amide bonds. The molecule has 3 nitrogen and oxygen atoms in total. The molecule has 0 aromatic heterocycles. The molecular formula is C10H17NO2. The number of rotatable bonds is 2. The third-order valence-corrected chi connectivity index (χ3v) is 2.49. The fourth-order valence-electron chi connectivity index (χ4n) is 1.76. The molecular weight excluding hydrogens is 166 g/mol. The van der Waals surface area contributed by atoms with Crippen molar-refractivity contribution in [2.24, 2.45) is 5.92 Å². The zero-order valence-corrected chi connectivity index (χ0v) is 8.07. The summed E-state index contributed by atoms with van der Waals surface area (Å²) in [7, 11) is 0. The van der Waals surface area contributed by atoms with Gasteiger partial charge in [-0.1, -0.05) is 12.2 Å². The van der Waals surface area contributed by atoms with E-state index in [1.807, 2.05) is 13.0 Å². The van der Waals surface area contributed by atoms with Crippen LogP contribution in [-0.2, 0) is 0 Å². The monoisotopic (exact) mass is 183 g/mol. The summed E-state index contributed by atoms with van der Waals surface area (Å²) in [6.07, 6.45) is 6.56. The fraction of sp³-hybridized carbons (Fsp3) is 0.700. The van der Waals surface area contributed by atoms with Crippen molar-refractivity contribution in [3.63, 3.8) is 0 Å². The van der Waals surface area contributed by atoms with Crippen LogP contribution in [0.1, 0.15) is 26.2 Å². The number of hydrogen-bond donors (Lipinski definition) is 1. The van der Waals surface area contributed by atoms with Crippen molar-refractivity contribution in [3.8, 4) is 0 Å². The SMILES string of the molecule is CC=CCC1CCCN(C(=O)O)C1. The summed E-state index contributed by atoms with van der Waals surface area (Å²) in [6, 6.07) is 0. The van der Waals surface area contributed by atoms with Crippen molar-refractivity contribution < 1.29 is 9.90 Å². The lowest BCUT2D eigenvalue weighted by molar-refractivity contribution is 0.120. The van der Waals surface area contributed by atoms with Crippen molar-refractivity contribution in [1.29, 1.82) is 0 Å². The van der Waals surface area contributed by atoms with Crippen LogP contribution < -0.4 is 0 Å². The number of amides is 1. The quantitative estimate of drug-likeness (QED) is 0.667. The van der Waals surface area contributed by atoms with Crippen LogP contribution >= 0.6 is 0 Å². The minimum atomic E-state index is -0.773. The number of piperidine rings is 1. The molecule has 0 bridgehead atoms. The molecule has 1 aliphatic rings. The highest BCUT2D eigenvalue weighted by atomic mass is 16.4. The van der Waals surface area contributed by atoms with Gasteiger partial charge in [0.1, 0.15) is 0 Å². The smallest absolute Gasteiger partial charge is 0.407 e. The van der Waals surface area contributed by atoms with E-state index in [4.69, 9.17) is 5.11 Å². The zero-order chi connectivity index (χ0) is 9.68. The van der Waals surface area contributed by atoms with Gasteiger partial charge < -0.3 is 10.0 Å². The molecule has 3 heteroatoms. The maximum absolute atomic E-state index is 10.7. The Morgan fingerprint density at radius 1 is 1.69 bits per heavy atom. The highest BCUT2D eigenvalue weighted by molar-refractivity contribution is 5.65. The molecule has 0 aromatic rings. The highest BCUT2D eigenvalue weighted by Gasteiger charge is 2.21. The second kappa shape index (κ2) is 4.90. The molecule has 74 valence electrons. The number of nitrogens with zero attached hydrogens (tertiary/aromatic N) is 1. The number of carbonyl (C=O) groups is 1. The first-order chi connectivity index (χ1) is 6.24. The minimum Gasteiger partial charge on any atom is -0.465 e. The van der Waals surface area contributed by atoms with E-state index in [0.717, 1.165) is 19.3 Å². The molecule has 1 saturated heterocycles. The summed E-state index contributed by atoms with van der Waals surface area (Å²) in [5.74, 6) is 0.529. The Labute approximate surface area is 79.0 Å². The van der Waals surface area contributed by atoms with Crippen molar-refractivity contribution in [2.45, 2.75) is 26.2 Å². The summed E-state index contributed by atoms with van der Waals surface area (Å²) in [4.78, 5) is 12.2. The largest absolute Gasteiger partial charge is 0.465 e. The number of hydrogen-bond acceptors (Lipinski definition) is 1. The molecule has 0 saturated carbocycles. The standard InChI is InChI=1S/C10H17NO2/c1-2-3-5-9-6-4-7-11(8-9)10(12)13/h2-3,9H,4-8H2,1H3,(H,12,13). The Kier molecular flexibility index (Phi) is 3.80. The maximum atomic E-state index is 10.7. The number of allylic oxidation sites excluding steroid dienone is 2.